The van der Waals surface area contributed by atoms with E-state index in [4.69, 9.17) is 0 Å². The first-order chi connectivity index (χ1) is 12.4. The number of sulfonamides is 1. The van der Waals surface area contributed by atoms with Crippen molar-refractivity contribution >= 4 is 10.0 Å². The van der Waals surface area contributed by atoms with Gasteiger partial charge in [-0.15, -0.1) is 0 Å². The van der Waals surface area contributed by atoms with Gasteiger partial charge in [0.2, 0.25) is 10.0 Å². The SMILES string of the molecule is Cc1nn(-c2ccccc2)c(C)c1S(=O)(=O)NC(C)C1CC2CCC1C2. The third-order valence-electron chi connectivity index (χ3n) is 6.27. The number of para-hydroxylation sites is 1. The van der Waals surface area contributed by atoms with Gasteiger partial charge in [0, 0.05) is 6.04 Å². The van der Waals surface area contributed by atoms with Crippen molar-refractivity contribution in [1.29, 1.82) is 0 Å². The molecular formula is C20H27N3O2S. The average molecular weight is 374 g/mol. The third kappa shape index (κ3) is 2.99. The van der Waals surface area contributed by atoms with Crippen LogP contribution in [0.5, 0.6) is 0 Å². The first-order valence-corrected chi connectivity index (χ1v) is 11.0. The molecule has 140 valence electrons. The van der Waals surface area contributed by atoms with Crippen molar-refractivity contribution in [3.05, 3.63) is 41.7 Å². The Balaban J connectivity index is 1.61. The molecule has 2 aliphatic rings. The Morgan fingerprint density at radius 3 is 2.50 bits per heavy atom. The van der Waals surface area contributed by atoms with Gasteiger partial charge in [-0.1, -0.05) is 24.6 Å². The molecule has 26 heavy (non-hydrogen) atoms. The van der Waals surface area contributed by atoms with Gasteiger partial charge in [-0.2, -0.15) is 5.10 Å². The number of aryl methyl sites for hydroxylation is 1. The summed E-state index contributed by atoms with van der Waals surface area (Å²) >= 11 is 0. The van der Waals surface area contributed by atoms with Crippen molar-refractivity contribution < 1.29 is 8.42 Å². The Morgan fingerprint density at radius 2 is 1.88 bits per heavy atom. The summed E-state index contributed by atoms with van der Waals surface area (Å²) in [6.45, 7) is 5.61. The second-order valence-electron chi connectivity index (χ2n) is 8.00. The predicted molar refractivity (Wildman–Crippen MR) is 102 cm³/mol. The Morgan fingerprint density at radius 1 is 1.15 bits per heavy atom. The summed E-state index contributed by atoms with van der Waals surface area (Å²) in [5, 5.41) is 4.49. The van der Waals surface area contributed by atoms with E-state index in [-0.39, 0.29) is 6.04 Å². The van der Waals surface area contributed by atoms with Crippen LogP contribution in [0.3, 0.4) is 0 Å². The lowest BCUT2D eigenvalue weighted by atomic mass is 9.84. The fourth-order valence-electron chi connectivity index (χ4n) is 5.14. The van der Waals surface area contributed by atoms with Gasteiger partial charge in [0.05, 0.1) is 17.1 Å². The lowest BCUT2D eigenvalue weighted by molar-refractivity contribution is 0.280. The molecule has 4 atom stereocenters. The van der Waals surface area contributed by atoms with Crippen molar-refractivity contribution in [3.63, 3.8) is 0 Å². The van der Waals surface area contributed by atoms with Crippen LogP contribution in [0.15, 0.2) is 35.2 Å². The molecule has 0 radical (unpaired) electrons. The van der Waals surface area contributed by atoms with E-state index in [1.807, 2.05) is 44.2 Å². The summed E-state index contributed by atoms with van der Waals surface area (Å²) in [5.41, 5.74) is 2.07. The van der Waals surface area contributed by atoms with E-state index >= 15 is 0 Å². The van der Waals surface area contributed by atoms with E-state index in [0.717, 1.165) is 18.0 Å². The standard InChI is InChI=1S/C20H27N3O2S/c1-13(19-12-16-9-10-17(19)11-16)22-26(24,25)20-14(2)21-23(15(20)3)18-7-5-4-6-8-18/h4-8,13,16-17,19,22H,9-12H2,1-3H3. The molecule has 0 saturated heterocycles. The lowest BCUT2D eigenvalue weighted by Gasteiger charge is -2.28. The minimum Gasteiger partial charge on any atom is -0.236 e. The predicted octanol–water partition coefficient (Wildman–Crippen LogP) is 3.59. The average Bonchev–Trinajstić information content (AvgIpc) is 3.29. The monoisotopic (exact) mass is 373 g/mol. The van der Waals surface area contributed by atoms with Gasteiger partial charge in [-0.25, -0.2) is 17.8 Å². The Bertz CT molecular complexity index is 905. The number of aromatic nitrogens is 2. The van der Waals surface area contributed by atoms with Crippen molar-refractivity contribution in [2.75, 3.05) is 0 Å². The van der Waals surface area contributed by atoms with Crippen LogP contribution in [0, 0.1) is 31.6 Å². The zero-order valence-corrected chi connectivity index (χ0v) is 16.5. The molecule has 0 aliphatic heterocycles. The number of fused-ring (bicyclic) bond motifs is 2. The van der Waals surface area contributed by atoms with E-state index in [2.05, 4.69) is 9.82 Å². The largest absolute Gasteiger partial charge is 0.244 e. The van der Waals surface area contributed by atoms with Gasteiger partial charge in [-0.3, -0.25) is 0 Å². The van der Waals surface area contributed by atoms with Crippen molar-refractivity contribution in [1.82, 2.24) is 14.5 Å². The van der Waals surface area contributed by atoms with Crippen molar-refractivity contribution in [3.8, 4) is 5.69 Å². The maximum atomic E-state index is 13.1. The molecule has 1 aromatic heterocycles. The Kier molecular flexibility index (Phi) is 4.43. The molecule has 1 N–H and O–H groups in total. The minimum absolute atomic E-state index is 0.0332. The van der Waals surface area contributed by atoms with Crippen LogP contribution in [0.2, 0.25) is 0 Å². The van der Waals surface area contributed by atoms with E-state index in [0.29, 0.717) is 28.1 Å². The molecule has 2 aromatic rings. The molecule has 2 bridgehead atoms. The molecule has 4 unspecified atom stereocenters. The maximum Gasteiger partial charge on any atom is 0.244 e. The van der Waals surface area contributed by atoms with Crippen LogP contribution >= 0.6 is 0 Å². The van der Waals surface area contributed by atoms with Gasteiger partial charge in [0.15, 0.2) is 0 Å². The number of nitrogens with zero attached hydrogens (tertiary/aromatic N) is 2. The van der Waals surface area contributed by atoms with Gasteiger partial charge >= 0.3 is 0 Å². The van der Waals surface area contributed by atoms with Gasteiger partial charge in [-0.05, 0) is 69.9 Å². The van der Waals surface area contributed by atoms with Crippen LogP contribution in [-0.2, 0) is 10.0 Å². The normalized spacial score (nSPS) is 26.3. The molecule has 0 amide bonds. The number of hydrogen-bond donors (Lipinski definition) is 1. The first kappa shape index (κ1) is 17.7. The number of hydrogen-bond acceptors (Lipinski definition) is 3. The summed E-state index contributed by atoms with van der Waals surface area (Å²) in [7, 11) is -3.60. The molecule has 1 aromatic carbocycles. The summed E-state index contributed by atoms with van der Waals surface area (Å²) in [5.74, 6) is 1.96. The van der Waals surface area contributed by atoms with E-state index < -0.39 is 10.0 Å². The van der Waals surface area contributed by atoms with E-state index in [1.165, 1.54) is 19.3 Å². The summed E-state index contributed by atoms with van der Waals surface area (Å²) in [6.07, 6.45) is 5.02. The number of rotatable bonds is 5. The smallest absolute Gasteiger partial charge is 0.236 e. The molecule has 5 nitrogen and oxygen atoms in total. The zero-order valence-electron chi connectivity index (χ0n) is 15.6. The molecule has 4 rings (SSSR count). The highest BCUT2D eigenvalue weighted by Crippen LogP contribution is 2.49. The molecule has 1 heterocycles. The highest BCUT2D eigenvalue weighted by atomic mass is 32.2. The molecule has 2 fully saturated rings. The van der Waals surface area contributed by atoms with Crippen molar-refractivity contribution in [2.24, 2.45) is 17.8 Å². The van der Waals surface area contributed by atoms with Crippen LogP contribution in [-0.4, -0.2) is 24.2 Å². The maximum absolute atomic E-state index is 13.1. The molecule has 2 aliphatic carbocycles. The molecular weight excluding hydrogens is 346 g/mol. The highest BCUT2D eigenvalue weighted by Gasteiger charge is 2.43. The second kappa shape index (κ2) is 6.50. The fourth-order valence-corrected chi connectivity index (χ4v) is 6.82. The van der Waals surface area contributed by atoms with Crippen LogP contribution < -0.4 is 4.72 Å². The van der Waals surface area contributed by atoms with Gasteiger partial charge in [0.1, 0.15) is 4.90 Å². The second-order valence-corrected chi connectivity index (χ2v) is 9.65. The van der Waals surface area contributed by atoms with E-state index in [9.17, 15) is 8.42 Å². The quantitative estimate of drug-likeness (QED) is 0.871. The summed E-state index contributed by atoms with van der Waals surface area (Å²) in [6, 6.07) is 9.62. The third-order valence-corrected chi connectivity index (χ3v) is 8.08. The summed E-state index contributed by atoms with van der Waals surface area (Å²) < 4.78 is 30.9. The van der Waals surface area contributed by atoms with Crippen LogP contribution in [0.25, 0.3) is 5.69 Å². The number of nitrogens with one attached hydrogen (secondary N) is 1. The minimum atomic E-state index is -3.60. The molecule has 2 saturated carbocycles. The Hall–Kier alpha value is -1.66. The fraction of sp³-hybridized carbons (Fsp3) is 0.550. The van der Waals surface area contributed by atoms with E-state index in [1.54, 1.807) is 11.6 Å². The van der Waals surface area contributed by atoms with Crippen LogP contribution in [0.1, 0.15) is 44.0 Å². The molecule has 6 heteroatoms. The highest BCUT2D eigenvalue weighted by molar-refractivity contribution is 7.89. The number of benzene rings is 1. The first-order valence-electron chi connectivity index (χ1n) is 9.51. The van der Waals surface area contributed by atoms with Crippen LogP contribution in [0.4, 0.5) is 0 Å². The van der Waals surface area contributed by atoms with Crippen molar-refractivity contribution in [2.45, 2.75) is 57.4 Å². The topological polar surface area (TPSA) is 64.0 Å². The Labute approximate surface area is 155 Å². The lowest BCUT2D eigenvalue weighted by Crippen LogP contribution is -2.40. The van der Waals surface area contributed by atoms with Gasteiger partial charge in [0.25, 0.3) is 0 Å². The summed E-state index contributed by atoms with van der Waals surface area (Å²) in [4.78, 5) is 0.316. The molecule has 0 spiro atoms. The zero-order chi connectivity index (χ0) is 18.5. The van der Waals surface area contributed by atoms with Gasteiger partial charge < -0.3 is 0 Å².